The molecule has 2 amide bonds. The molecule has 1 atom stereocenters. The molecule has 2 aliphatic rings. The maximum absolute atomic E-state index is 12.9. The number of aromatic nitrogens is 1. The molecule has 2 heterocycles. The van der Waals surface area contributed by atoms with Gasteiger partial charge in [0, 0.05) is 11.4 Å². The van der Waals surface area contributed by atoms with Crippen molar-refractivity contribution in [3.05, 3.63) is 46.0 Å². The van der Waals surface area contributed by atoms with Gasteiger partial charge in [0.15, 0.2) is 0 Å². The van der Waals surface area contributed by atoms with E-state index in [-0.39, 0.29) is 40.2 Å². The largest absolute Gasteiger partial charge is 0.383 e. The second-order valence-corrected chi connectivity index (χ2v) is 8.45. The van der Waals surface area contributed by atoms with Crippen molar-refractivity contribution in [2.75, 3.05) is 10.6 Å². The lowest BCUT2D eigenvalue weighted by Crippen LogP contribution is -2.31. The molecule has 9 heteroatoms. The number of anilines is 2. The predicted molar refractivity (Wildman–Crippen MR) is 108 cm³/mol. The molecule has 1 aromatic carbocycles. The van der Waals surface area contributed by atoms with Gasteiger partial charge in [-0.05, 0) is 42.5 Å². The second kappa shape index (κ2) is 7.40. The van der Waals surface area contributed by atoms with Crippen molar-refractivity contribution in [1.82, 2.24) is 4.98 Å². The Morgan fingerprint density at radius 2 is 1.93 bits per heavy atom. The fourth-order valence-electron chi connectivity index (χ4n) is 3.41. The second-order valence-electron chi connectivity index (χ2n) is 6.82. The zero-order valence-electron chi connectivity index (χ0n) is 15.1. The Balaban J connectivity index is 1.69. The monoisotopic (exact) mass is 423 g/mol. The van der Waals surface area contributed by atoms with Crippen molar-refractivity contribution < 1.29 is 9.59 Å². The van der Waals surface area contributed by atoms with Crippen LogP contribution in [0.25, 0.3) is 0 Å². The summed E-state index contributed by atoms with van der Waals surface area (Å²) in [6.45, 7) is 0. The third kappa shape index (κ3) is 3.42. The van der Waals surface area contributed by atoms with Gasteiger partial charge in [0.25, 0.3) is 0 Å². The highest BCUT2D eigenvalue weighted by Crippen LogP contribution is 2.46. The first kappa shape index (κ1) is 19.3. The van der Waals surface area contributed by atoms with E-state index in [1.54, 1.807) is 24.3 Å². The average molecular weight is 424 g/mol. The quantitative estimate of drug-likeness (QED) is 0.747. The number of nitrogen functional groups attached to an aromatic ring is 1. The van der Waals surface area contributed by atoms with E-state index in [1.165, 1.54) is 0 Å². The van der Waals surface area contributed by atoms with Crippen molar-refractivity contribution in [2.45, 2.75) is 35.5 Å². The molecule has 2 N–H and O–H groups in total. The van der Waals surface area contributed by atoms with Crippen LogP contribution < -0.4 is 10.6 Å². The number of hydrogen-bond acceptors (Lipinski definition) is 7. The minimum atomic E-state index is -0.736. The Morgan fingerprint density at radius 1 is 1.21 bits per heavy atom. The van der Waals surface area contributed by atoms with Crippen molar-refractivity contribution in [3.8, 4) is 12.1 Å². The Bertz CT molecular complexity index is 1130. The topological polar surface area (TPSA) is 124 Å². The standard InChI is InChI=1S/C20H14ClN5O2S/c21-11-2-1-3-12(6-11)26-16(27)7-15(20(26)28)29-19-14(9-23)17(10-4-5-10)13(8-22)18(24)25-19/h1-3,6,10,15H,4-5,7H2,(H2,24,25). The van der Waals surface area contributed by atoms with Crippen LogP contribution in [0.4, 0.5) is 11.5 Å². The van der Waals surface area contributed by atoms with Gasteiger partial charge in [-0.15, -0.1) is 0 Å². The molecule has 1 unspecified atom stereocenters. The summed E-state index contributed by atoms with van der Waals surface area (Å²) in [4.78, 5) is 30.7. The zero-order chi connectivity index (χ0) is 20.7. The number of rotatable bonds is 4. The minimum absolute atomic E-state index is 0.0266. The summed E-state index contributed by atoms with van der Waals surface area (Å²) in [5.74, 6) is -0.603. The van der Waals surface area contributed by atoms with E-state index in [1.807, 2.05) is 6.07 Å². The lowest BCUT2D eigenvalue weighted by molar-refractivity contribution is -0.121. The molecule has 7 nitrogen and oxygen atoms in total. The third-order valence-corrected chi connectivity index (χ3v) is 6.27. The van der Waals surface area contributed by atoms with Gasteiger partial charge in [-0.1, -0.05) is 29.4 Å². The van der Waals surface area contributed by atoms with Crippen LogP contribution in [0.3, 0.4) is 0 Å². The van der Waals surface area contributed by atoms with Crippen molar-refractivity contribution in [3.63, 3.8) is 0 Å². The molecule has 144 valence electrons. The summed E-state index contributed by atoms with van der Waals surface area (Å²) in [5.41, 5.74) is 7.46. The summed E-state index contributed by atoms with van der Waals surface area (Å²) < 4.78 is 0. The van der Waals surface area contributed by atoms with Gasteiger partial charge in [0.2, 0.25) is 11.8 Å². The molecular formula is C20H14ClN5O2S. The lowest BCUT2D eigenvalue weighted by Gasteiger charge is -2.16. The number of carbonyl (C=O) groups excluding carboxylic acids is 2. The highest BCUT2D eigenvalue weighted by Gasteiger charge is 2.41. The first-order valence-corrected chi connectivity index (χ1v) is 10.1. The number of nitrogens with zero attached hydrogens (tertiary/aromatic N) is 4. The van der Waals surface area contributed by atoms with Gasteiger partial charge in [0.1, 0.15) is 23.0 Å². The first-order valence-electron chi connectivity index (χ1n) is 8.87. The van der Waals surface area contributed by atoms with Crippen LogP contribution in [0.15, 0.2) is 29.3 Å². The number of nitriles is 2. The summed E-state index contributed by atoms with van der Waals surface area (Å²) in [6.07, 6.45) is 1.72. The van der Waals surface area contributed by atoms with Gasteiger partial charge in [0.05, 0.1) is 22.1 Å². The Kier molecular flexibility index (Phi) is 4.91. The van der Waals surface area contributed by atoms with Crippen molar-refractivity contribution in [2.24, 2.45) is 0 Å². The molecule has 2 fully saturated rings. The maximum Gasteiger partial charge on any atom is 0.247 e. The number of imide groups is 1. The highest BCUT2D eigenvalue weighted by atomic mass is 35.5. The molecule has 29 heavy (non-hydrogen) atoms. The van der Waals surface area contributed by atoms with E-state index in [2.05, 4.69) is 11.1 Å². The third-order valence-electron chi connectivity index (χ3n) is 4.87. The Hall–Kier alpha value is -3.07. The van der Waals surface area contributed by atoms with Crippen LogP contribution in [0, 0.1) is 22.7 Å². The van der Waals surface area contributed by atoms with E-state index in [9.17, 15) is 20.1 Å². The molecule has 1 saturated carbocycles. The van der Waals surface area contributed by atoms with Gasteiger partial charge < -0.3 is 5.73 Å². The van der Waals surface area contributed by atoms with Gasteiger partial charge in [-0.2, -0.15) is 10.5 Å². The minimum Gasteiger partial charge on any atom is -0.383 e. The van der Waals surface area contributed by atoms with Gasteiger partial charge in [-0.25, -0.2) is 9.88 Å². The van der Waals surface area contributed by atoms with Crippen LogP contribution in [0.5, 0.6) is 0 Å². The van der Waals surface area contributed by atoms with E-state index >= 15 is 0 Å². The average Bonchev–Trinajstić information content (AvgIpc) is 3.48. The normalized spacial score (nSPS) is 18.6. The number of amides is 2. The van der Waals surface area contributed by atoms with Crippen LogP contribution in [0.2, 0.25) is 5.02 Å². The lowest BCUT2D eigenvalue weighted by atomic mass is 10.0. The van der Waals surface area contributed by atoms with Gasteiger partial charge >= 0.3 is 0 Å². The molecule has 1 aliphatic carbocycles. The summed E-state index contributed by atoms with van der Waals surface area (Å²) >= 11 is 7.02. The number of pyridine rings is 1. The smallest absolute Gasteiger partial charge is 0.247 e. The molecule has 1 aromatic heterocycles. The number of benzene rings is 1. The summed E-state index contributed by atoms with van der Waals surface area (Å²) in [7, 11) is 0. The number of nitrogens with two attached hydrogens (primary N) is 1. The van der Waals surface area contributed by atoms with E-state index < -0.39 is 11.2 Å². The van der Waals surface area contributed by atoms with Crippen LogP contribution >= 0.6 is 23.4 Å². The molecule has 1 saturated heterocycles. The number of hydrogen-bond donors (Lipinski definition) is 1. The molecule has 2 aromatic rings. The summed E-state index contributed by atoms with van der Waals surface area (Å²) in [5, 5.41) is 19.1. The molecule has 0 spiro atoms. The van der Waals surface area contributed by atoms with E-state index in [4.69, 9.17) is 17.3 Å². The van der Waals surface area contributed by atoms with Crippen molar-refractivity contribution >= 4 is 46.7 Å². The maximum atomic E-state index is 12.9. The fourth-order valence-corrected chi connectivity index (χ4v) is 4.72. The Labute approximate surface area is 176 Å². The molecular weight excluding hydrogens is 410 g/mol. The highest BCUT2D eigenvalue weighted by molar-refractivity contribution is 8.00. The zero-order valence-corrected chi connectivity index (χ0v) is 16.6. The van der Waals surface area contributed by atoms with Crippen LogP contribution in [-0.4, -0.2) is 22.0 Å². The Morgan fingerprint density at radius 3 is 2.55 bits per heavy atom. The first-order chi connectivity index (χ1) is 13.9. The number of thioether (sulfide) groups is 1. The molecule has 0 radical (unpaired) electrons. The van der Waals surface area contributed by atoms with Crippen LogP contribution in [-0.2, 0) is 9.59 Å². The SMILES string of the molecule is N#Cc1c(N)nc(SC2CC(=O)N(c3cccc(Cl)c3)C2=O)c(C#N)c1C1CC1. The fraction of sp³-hybridized carbons (Fsp3) is 0.250. The molecule has 1 aliphatic heterocycles. The van der Waals surface area contributed by atoms with Gasteiger partial charge in [-0.3, -0.25) is 9.59 Å². The van der Waals surface area contributed by atoms with E-state index in [0.29, 0.717) is 16.3 Å². The van der Waals surface area contributed by atoms with E-state index in [0.717, 1.165) is 29.5 Å². The number of halogens is 1. The number of carbonyl (C=O) groups is 2. The molecule has 4 rings (SSSR count). The predicted octanol–water partition coefficient (Wildman–Crippen LogP) is 3.36. The summed E-state index contributed by atoms with van der Waals surface area (Å²) in [6, 6.07) is 10.7. The molecule has 0 bridgehead atoms. The van der Waals surface area contributed by atoms with Crippen LogP contribution in [0.1, 0.15) is 41.9 Å². The van der Waals surface area contributed by atoms with Crippen molar-refractivity contribution in [1.29, 1.82) is 10.5 Å².